The second kappa shape index (κ2) is 6.72. The molecule has 0 heterocycles. The largest absolute Gasteiger partial charge is 0.366 e. The third-order valence-electron chi connectivity index (χ3n) is 2.36. The number of hydrogen-bond acceptors (Lipinski definition) is 3. The molecule has 110 valence electrons. The molecule has 0 bridgehead atoms. The van der Waals surface area contributed by atoms with Crippen molar-refractivity contribution in [3.8, 4) is 0 Å². The van der Waals surface area contributed by atoms with E-state index in [0.29, 0.717) is 16.3 Å². The lowest BCUT2D eigenvalue weighted by Gasteiger charge is -2.19. The highest BCUT2D eigenvalue weighted by Crippen LogP contribution is 2.20. The lowest BCUT2D eigenvalue weighted by Crippen LogP contribution is -2.27. The maximum absolute atomic E-state index is 11.7. The predicted octanol–water partition coefficient (Wildman–Crippen LogP) is 2.45. The Labute approximate surface area is 123 Å². The van der Waals surface area contributed by atoms with Crippen molar-refractivity contribution in [1.29, 1.82) is 0 Å². The van der Waals surface area contributed by atoms with E-state index in [1.165, 1.54) is 13.1 Å². The van der Waals surface area contributed by atoms with Gasteiger partial charge in [-0.25, -0.2) is 0 Å². The van der Waals surface area contributed by atoms with E-state index in [4.69, 9.17) is 16.3 Å². The zero-order valence-electron chi connectivity index (χ0n) is 12.0. The Morgan fingerprint density at radius 3 is 2.50 bits per heavy atom. The summed E-state index contributed by atoms with van der Waals surface area (Å²) in [5.74, 6) is -0.595. The Bertz CT molecular complexity index is 510. The highest BCUT2D eigenvalue weighted by atomic mass is 35.5. The van der Waals surface area contributed by atoms with Gasteiger partial charge < -0.3 is 15.4 Å². The number of benzene rings is 1. The molecule has 0 aliphatic carbocycles. The first-order chi connectivity index (χ1) is 9.23. The van der Waals surface area contributed by atoms with E-state index in [9.17, 15) is 9.59 Å². The average Bonchev–Trinajstić information content (AvgIpc) is 2.37. The number of ether oxygens (including phenoxy) is 1. The summed E-state index contributed by atoms with van der Waals surface area (Å²) in [7, 11) is 1.51. The van der Waals surface area contributed by atoms with Crippen molar-refractivity contribution in [2.75, 3.05) is 19.0 Å². The summed E-state index contributed by atoms with van der Waals surface area (Å²) in [5, 5.41) is 5.47. The van der Waals surface area contributed by atoms with Crippen LogP contribution in [0.5, 0.6) is 0 Å². The number of carbonyl (C=O) groups excluding carboxylic acids is 2. The predicted molar refractivity (Wildman–Crippen MR) is 79.2 cm³/mol. The highest BCUT2D eigenvalue weighted by molar-refractivity contribution is 6.34. The quantitative estimate of drug-likeness (QED) is 0.897. The second-order valence-corrected chi connectivity index (χ2v) is 5.63. The van der Waals surface area contributed by atoms with Gasteiger partial charge in [-0.3, -0.25) is 9.59 Å². The van der Waals surface area contributed by atoms with Gasteiger partial charge >= 0.3 is 0 Å². The molecule has 2 amide bonds. The number of amides is 2. The first-order valence-corrected chi connectivity index (χ1v) is 6.56. The van der Waals surface area contributed by atoms with Crippen LogP contribution in [0.15, 0.2) is 18.2 Å². The molecule has 1 aromatic carbocycles. The van der Waals surface area contributed by atoms with Crippen molar-refractivity contribution in [3.63, 3.8) is 0 Å². The van der Waals surface area contributed by atoms with E-state index in [-0.39, 0.29) is 24.0 Å². The van der Waals surface area contributed by atoms with Crippen molar-refractivity contribution in [3.05, 3.63) is 28.8 Å². The Hall–Kier alpha value is -1.59. The van der Waals surface area contributed by atoms with Crippen LogP contribution in [0.1, 0.15) is 31.1 Å². The van der Waals surface area contributed by atoms with Gasteiger partial charge in [0.1, 0.15) is 6.61 Å². The molecule has 6 heteroatoms. The summed E-state index contributed by atoms with van der Waals surface area (Å²) in [6, 6.07) is 4.71. The van der Waals surface area contributed by atoms with Crippen molar-refractivity contribution in [2.24, 2.45) is 0 Å². The van der Waals surface area contributed by atoms with E-state index >= 15 is 0 Å². The number of rotatable bonds is 4. The van der Waals surface area contributed by atoms with Crippen LogP contribution in [-0.2, 0) is 9.53 Å². The van der Waals surface area contributed by atoms with Crippen LogP contribution in [0, 0.1) is 0 Å². The van der Waals surface area contributed by atoms with E-state index in [0.717, 1.165) is 0 Å². The number of nitrogens with one attached hydrogen (secondary N) is 2. The molecule has 1 rings (SSSR count). The first kappa shape index (κ1) is 16.5. The first-order valence-electron chi connectivity index (χ1n) is 6.18. The maximum Gasteiger partial charge on any atom is 0.252 e. The normalized spacial score (nSPS) is 11.1. The summed E-state index contributed by atoms with van der Waals surface area (Å²) in [6.07, 6.45) is 0. The van der Waals surface area contributed by atoms with Crippen LogP contribution in [0.4, 0.5) is 5.69 Å². The Morgan fingerprint density at radius 2 is 1.95 bits per heavy atom. The van der Waals surface area contributed by atoms with Crippen molar-refractivity contribution in [2.45, 2.75) is 26.4 Å². The third-order valence-corrected chi connectivity index (χ3v) is 2.69. The zero-order chi connectivity index (χ0) is 15.3. The number of anilines is 1. The molecule has 0 fully saturated rings. The fourth-order valence-electron chi connectivity index (χ4n) is 1.39. The van der Waals surface area contributed by atoms with Crippen molar-refractivity contribution < 1.29 is 14.3 Å². The molecule has 0 saturated carbocycles. The lowest BCUT2D eigenvalue weighted by atomic mass is 10.2. The van der Waals surface area contributed by atoms with Gasteiger partial charge in [-0.15, -0.1) is 0 Å². The minimum atomic E-state index is -0.384. The van der Waals surface area contributed by atoms with Crippen molar-refractivity contribution >= 4 is 29.1 Å². The Morgan fingerprint density at radius 1 is 1.30 bits per heavy atom. The van der Waals surface area contributed by atoms with Gasteiger partial charge in [-0.1, -0.05) is 11.6 Å². The molecule has 0 radical (unpaired) electrons. The standard InChI is InChI=1S/C14H19ClN2O3/c1-14(2,3)20-8-12(18)17-9-5-6-11(15)10(7-9)13(19)16-4/h5-7H,8H2,1-4H3,(H,16,19)(H,17,18). The lowest BCUT2D eigenvalue weighted by molar-refractivity contribution is -0.125. The number of halogens is 1. The Balaban J connectivity index is 2.73. The van der Waals surface area contributed by atoms with Crippen LogP contribution in [0.3, 0.4) is 0 Å². The molecular weight excluding hydrogens is 280 g/mol. The van der Waals surface area contributed by atoms with Gasteiger partial charge in [0.15, 0.2) is 0 Å². The van der Waals surface area contributed by atoms with E-state index in [2.05, 4.69) is 10.6 Å². The van der Waals surface area contributed by atoms with Gasteiger partial charge in [0, 0.05) is 12.7 Å². The molecule has 0 aliphatic heterocycles. The maximum atomic E-state index is 11.7. The molecule has 0 aliphatic rings. The zero-order valence-corrected chi connectivity index (χ0v) is 12.8. The summed E-state index contributed by atoms with van der Waals surface area (Å²) < 4.78 is 5.37. The molecule has 5 nitrogen and oxygen atoms in total. The van der Waals surface area contributed by atoms with Crippen LogP contribution in [0.2, 0.25) is 5.02 Å². The molecule has 0 spiro atoms. The van der Waals surface area contributed by atoms with E-state index in [1.54, 1.807) is 12.1 Å². The van der Waals surface area contributed by atoms with Crippen molar-refractivity contribution in [1.82, 2.24) is 5.32 Å². The summed E-state index contributed by atoms with van der Waals surface area (Å²) >= 11 is 5.93. The van der Waals surface area contributed by atoms with Gasteiger partial charge in [-0.2, -0.15) is 0 Å². The molecule has 0 atom stereocenters. The fraction of sp³-hybridized carbons (Fsp3) is 0.429. The number of hydrogen-bond donors (Lipinski definition) is 2. The van der Waals surface area contributed by atoms with Gasteiger partial charge in [0.05, 0.1) is 16.2 Å². The SMILES string of the molecule is CNC(=O)c1cc(NC(=O)COC(C)(C)C)ccc1Cl. The molecule has 0 saturated heterocycles. The van der Waals surface area contributed by atoms with Crippen LogP contribution < -0.4 is 10.6 Å². The summed E-state index contributed by atoms with van der Waals surface area (Å²) in [5.41, 5.74) is 0.420. The molecule has 1 aromatic rings. The molecule has 20 heavy (non-hydrogen) atoms. The van der Waals surface area contributed by atoms with E-state index in [1.807, 2.05) is 20.8 Å². The van der Waals surface area contributed by atoms with Gasteiger partial charge in [-0.05, 0) is 39.0 Å². The van der Waals surface area contributed by atoms with E-state index < -0.39 is 0 Å². The van der Waals surface area contributed by atoms with Gasteiger partial charge in [0.2, 0.25) is 5.91 Å². The second-order valence-electron chi connectivity index (χ2n) is 5.22. The molecule has 0 unspecified atom stereocenters. The average molecular weight is 299 g/mol. The summed E-state index contributed by atoms with van der Waals surface area (Å²) in [6.45, 7) is 5.55. The Kier molecular flexibility index (Phi) is 5.53. The smallest absolute Gasteiger partial charge is 0.252 e. The van der Waals surface area contributed by atoms with Crippen LogP contribution in [0.25, 0.3) is 0 Å². The molecular formula is C14H19ClN2O3. The summed E-state index contributed by atoms with van der Waals surface area (Å²) in [4.78, 5) is 23.3. The highest BCUT2D eigenvalue weighted by Gasteiger charge is 2.14. The monoisotopic (exact) mass is 298 g/mol. The van der Waals surface area contributed by atoms with Crippen LogP contribution in [-0.4, -0.2) is 31.1 Å². The fourth-order valence-corrected chi connectivity index (χ4v) is 1.59. The number of carbonyl (C=O) groups is 2. The topological polar surface area (TPSA) is 67.4 Å². The minimum absolute atomic E-state index is 0.0541. The third kappa shape index (κ3) is 5.19. The van der Waals surface area contributed by atoms with Crippen LogP contribution >= 0.6 is 11.6 Å². The minimum Gasteiger partial charge on any atom is -0.366 e. The molecule has 0 aromatic heterocycles. The molecule has 2 N–H and O–H groups in total. The van der Waals surface area contributed by atoms with Gasteiger partial charge in [0.25, 0.3) is 5.91 Å².